The Hall–Kier alpha value is -2.08. The van der Waals surface area contributed by atoms with Gasteiger partial charge in [0.15, 0.2) is 0 Å². The van der Waals surface area contributed by atoms with Gasteiger partial charge < -0.3 is 0 Å². The summed E-state index contributed by atoms with van der Waals surface area (Å²) in [5, 5.41) is 8.70. The molecule has 4 aromatic rings. The van der Waals surface area contributed by atoms with E-state index in [1.807, 2.05) is 0 Å². The molecule has 0 aliphatic carbocycles. The van der Waals surface area contributed by atoms with E-state index in [-0.39, 0.29) is 0 Å². The minimum Gasteiger partial charge on any atom is -0.0581 e. The summed E-state index contributed by atoms with van der Waals surface area (Å²) in [7, 11) is 0. The molecule has 0 bridgehead atoms. The molecule has 22 heavy (non-hydrogen) atoms. The fraction of sp³-hybridized carbons (Fsp3) is 0.273. The fourth-order valence-corrected chi connectivity index (χ4v) is 4.30. The van der Waals surface area contributed by atoms with Gasteiger partial charge in [0.25, 0.3) is 0 Å². The highest BCUT2D eigenvalue weighted by atomic mass is 14.2. The van der Waals surface area contributed by atoms with Gasteiger partial charge in [-0.2, -0.15) is 0 Å². The third kappa shape index (κ3) is 1.43. The van der Waals surface area contributed by atoms with Crippen LogP contribution in [0.15, 0.2) is 24.3 Å². The van der Waals surface area contributed by atoms with E-state index in [2.05, 4.69) is 65.8 Å². The van der Waals surface area contributed by atoms with Crippen LogP contribution in [0, 0.1) is 41.5 Å². The number of hydrogen-bond donors (Lipinski definition) is 0. The van der Waals surface area contributed by atoms with Crippen molar-refractivity contribution in [1.29, 1.82) is 0 Å². The van der Waals surface area contributed by atoms with Gasteiger partial charge in [0, 0.05) is 0 Å². The first-order chi connectivity index (χ1) is 10.4. The van der Waals surface area contributed by atoms with Gasteiger partial charge in [0.05, 0.1) is 0 Å². The molecule has 0 radical (unpaired) electrons. The van der Waals surface area contributed by atoms with Crippen LogP contribution in [0.1, 0.15) is 33.4 Å². The average molecular weight is 286 g/mol. The molecule has 0 heteroatoms. The van der Waals surface area contributed by atoms with Gasteiger partial charge in [-0.3, -0.25) is 0 Å². The SMILES string of the molecule is Cc1c(C)c2c(C)ccc3c(C)c(C)c4c(C)ccc1c4c32. The smallest absolute Gasteiger partial charge is 0.00183 e. The highest BCUT2D eigenvalue weighted by Gasteiger charge is 2.19. The Morgan fingerprint density at radius 1 is 0.409 bits per heavy atom. The van der Waals surface area contributed by atoms with Crippen molar-refractivity contribution in [1.82, 2.24) is 0 Å². The zero-order valence-electron chi connectivity index (χ0n) is 14.3. The largest absolute Gasteiger partial charge is 0.0581 e. The summed E-state index contributed by atoms with van der Waals surface area (Å²) >= 11 is 0. The molecule has 4 rings (SSSR count). The normalized spacial score (nSPS) is 12.1. The Morgan fingerprint density at radius 3 is 1.14 bits per heavy atom. The van der Waals surface area contributed by atoms with Crippen LogP contribution in [-0.4, -0.2) is 0 Å². The van der Waals surface area contributed by atoms with Gasteiger partial charge in [-0.1, -0.05) is 24.3 Å². The zero-order valence-corrected chi connectivity index (χ0v) is 14.3. The predicted molar refractivity (Wildman–Crippen MR) is 98.6 cm³/mol. The Bertz CT molecular complexity index is 977. The highest BCUT2D eigenvalue weighted by molar-refractivity contribution is 6.27. The van der Waals surface area contributed by atoms with Crippen LogP contribution >= 0.6 is 0 Å². The number of hydrogen-bond acceptors (Lipinski definition) is 0. The zero-order chi connectivity index (χ0) is 15.8. The van der Waals surface area contributed by atoms with E-state index in [0.29, 0.717) is 0 Å². The third-order valence-electron chi connectivity index (χ3n) is 5.76. The van der Waals surface area contributed by atoms with E-state index in [1.54, 1.807) is 0 Å². The molecular weight excluding hydrogens is 264 g/mol. The van der Waals surface area contributed by atoms with Crippen LogP contribution < -0.4 is 0 Å². The van der Waals surface area contributed by atoms with E-state index in [4.69, 9.17) is 0 Å². The summed E-state index contributed by atoms with van der Waals surface area (Å²) in [5.74, 6) is 0. The van der Waals surface area contributed by atoms with Gasteiger partial charge in [0.2, 0.25) is 0 Å². The standard InChI is InChI=1S/C22H22/c1-11-7-9-17-14(4)16(6)20-12(2)8-10-18-13(3)15(5)19(11)21(17)22(18)20/h7-10H,1-6H3. The Labute approximate surface area is 132 Å². The van der Waals surface area contributed by atoms with E-state index < -0.39 is 0 Å². The maximum atomic E-state index is 2.32. The predicted octanol–water partition coefficient (Wildman–Crippen LogP) is 6.43. The molecule has 0 unspecified atom stereocenters. The van der Waals surface area contributed by atoms with Crippen LogP contribution in [0.2, 0.25) is 0 Å². The Kier molecular flexibility index (Phi) is 2.61. The summed E-state index contributed by atoms with van der Waals surface area (Å²) in [5.41, 5.74) is 8.50. The van der Waals surface area contributed by atoms with Gasteiger partial charge in [0.1, 0.15) is 0 Å². The molecule has 4 aromatic carbocycles. The summed E-state index contributed by atoms with van der Waals surface area (Å²) in [4.78, 5) is 0. The molecule has 0 heterocycles. The van der Waals surface area contributed by atoms with E-state index in [9.17, 15) is 0 Å². The summed E-state index contributed by atoms with van der Waals surface area (Å²) in [6.07, 6.45) is 0. The molecule has 0 aliphatic rings. The lowest BCUT2D eigenvalue weighted by Crippen LogP contribution is -1.98. The van der Waals surface area contributed by atoms with Gasteiger partial charge in [-0.05, 0) is 107 Å². The molecule has 0 aromatic heterocycles. The molecule has 0 N–H and O–H groups in total. The highest BCUT2D eigenvalue weighted by Crippen LogP contribution is 2.43. The van der Waals surface area contributed by atoms with Crippen molar-refractivity contribution in [2.75, 3.05) is 0 Å². The van der Waals surface area contributed by atoms with Crippen LogP contribution in [0.25, 0.3) is 32.3 Å². The van der Waals surface area contributed by atoms with Gasteiger partial charge >= 0.3 is 0 Å². The maximum absolute atomic E-state index is 2.32. The van der Waals surface area contributed by atoms with Crippen molar-refractivity contribution in [3.8, 4) is 0 Å². The molecule has 0 aliphatic heterocycles. The minimum absolute atomic E-state index is 1.39. The number of rotatable bonds is 0. The molecule has 0 nitrogen and oxygen atoms in total. The number of aryl methyl sites for hydroxylation is 6. The molecule has 0 amide bonds. The van der Waals surface area contributed by atoms with E-state index in [0.717, 1.165) is 0 Å². The Balaban J connectivity index is 2.56. The summed E-state index contributed by atoms with van der Waals surface area (Å²) < 4.78 is 0. The second-order valence-corrected chi connectivity index (χ2v) is 6.86. The molecule has 110 valence electrons. The topological polar surface area (TPSA) is 0 Å². The van der Waals surface area contributed by atoms with Crippen LogP contribution in [0.3, 0.4) is 0 Å². The van der Waals surface area contributed by atoms with E-state index in [1.165, 1.54) is 65.7 Å². The summed E-state index contributed by atoms with van der Waals surface area (Å²) in [6.45, 7) is 13.6. The minimum atomic E-state index is 1.39. The van der Waals surface area contributed by atoms with Crippen molar-refractivity contribution >= 4 is 32.3 Å². The van der Waals surface area contributed by atoms with Crippen molar-refractivity contribution in [3.63, 3.8) is 0 Å². The van der Waals surface area contributed by atoms with Gasteiger partial charge in [-0.25, -0.2) is 0 Å². The van der Waals surface area contributed by atoms with Crippen molar-refractivity contribution < 1.29 is 0 Å². The van der Waals surface area contributed by atoms with Crippen LogP contribution in [-0.2, 0) is 0 Å². The van der Waals surface area contributed by atoms with Crippen molar-refractivity contribution in [2.24, 2.45) is 0 Å². The first-order valence-electron chi connectivity index (χ1n) is 8.07. The molecular formula is C22H22. The lowest BCUT2D eigenvalue weighted by Gasteiger charge is -2.22. The van der Waals surface area contributed by atoms with Gasteiger partial charge in [-0.15, -0.1) is 0 Å². The second-order valence-electron chi connectivity index (χ2n) is 6.86. The van der Waals surface area contributed by atoms with Crippen molar-refractivity contribution in [2.45, 2.75) is 41.5 Å². The average Bonchev–Trinajstić information content (AvgIpc) is 2.49. The Morgan fingerprint density at radius 2 is 0.773 bits per heavy atom. The molecule has 0 spiro atoms. The van der Waals surface area contributed by atoms with E-state index >= 15 is 0 Å². The second kappa shape index (κ2) is 4.23. The molecule has 0 atom stereocenters. The quantitative estimate of drug-likeness (QED) is 0.326. The van der Waals surface area contributed by atoms with Crippen LogP contribution in [0.5, 0.6) is 0 Å². The summed E-state index contributed by atoms with van der Waals surface area (Å²) in [6, 6.07) is 9.20. The third-order valence-corrected chi connectivity index (χ3v) is 5.76. The first-order valence-corrected chi connectivity index (χ1v) is 8.07. The van der Waals surface area contributed by atoms with Crippen molar-refractivity contribution in [3.05, 3.63) is 57.6 Å². The molecule has 0 saturated heterocycles. The maximum Gasteiger partial charge on any atom is -0.00183 e. The lowest BCUT2D eigenvalue weighted by molar-refractivity contribution is 1.36. The van der Waals surface area contributed by atoms with Crippen LogP contribution in [0.4, 0.5) is 0 Å². The fourth-order valence-electron chi connectivity index (χ4n) is 4.30. The number of benzene rings is 4. The monoisotopic (exact) mass is 286 g/mol. The molecule has 0 fully saturated rings. The molecule has 0 saturated carbocycles. The first kappa shape index (κ1) is 13.6. The lowest BCUT2D eigenvalue weighted by atomic mass is 9.82.